The van der Waals surface area contributed by atoms with Crippen LogP contribution in [0.3, 0.4) is 0 Å². The molecule has 0 spiro atoms. The Balaban J connectivity index is 2.14. The number of halogens is 2. The lowest BCUT2D eigenvalue weighted by molar-refractivity contribution is 0.612. The molecule has 0 amide bonds. The second-order valence-corrected chi connectivity index (χ2v) is 4.82. The van der Waals surface area contributed by atoms with Crippen LogP contribution in [0.1, 0.15) is 17.2 Å². The van der Waals surface area contributed by atoms with Gasteiger partial charge >= 0.3 is 0 Å². The first-order valence-electron chi connectivity index (χ1n) is 5.41. The van der Waals surface area contributed by atoms with Crippen molar-refractivity contribution in [1.29, 1.82) is 0 Å². The Morgan fingerprint density at radius 1 is 1.12 bits per heavy atom. The molecule has 0 aliphatic carbocycles. The fourth-order valence-electron chi connectivity index (χ4n) is 1.73. The van der Waals surface area contributed by atoms with Crippen LogP contribution in [-0.2, 0) is 6.42 Å². The maximum atomic E-state index is 13.4. The van der Waals surface area contributed by atoms with Crippen molar-refractivity contribution in [3.8, 4) is 0 Å². The lowest BCUT2D eigenvalue weighted by Gasteiger charge is -2.12. The Hall–Kier alpha value is -1.19. The molecule has 0 bridgehead atoms. The molecule has 2 aromatic carbocycles. The van der Waals surface area contributed by atoms with E-state index in [1.165, 1.54) is 6.07 Å². The zero-order valence-electron chi connectivity index (χ0n) is 9.24. The third-order valence-electron chi connectivity index (χ3n) is 2.67. The van der Waals surface area contributed by atoms with Crippen molar-refractivity contribution in [3.63, 3.8) is 0 Å². The van der Waals surface area contributed by atoms with E-state index in [4.69, 9.17) is 5.73 Å². The van der Waals surface area contributed by atoms with E-state index in [0.717, 1.165) is 11.1 Å². The first-order chi connectivity index (χ1) is 8.16. The van der Waals surface area contributed by atoms with Crippen molar-refractivity contribution in [1.82, 2.24) is 0 Å². The van der Waals surface area contributed by atoms with Crippen LogP contribution < -0.4 is 5.73 Å². The maximum absolute atomic E-state index is 13.4. The van der Waals surface area contributed by atoms with E-state index < -0.39 is 0 Å². The molecule has 88 valence electrons. The molecule has 0 aliphatic heterocycles. The SMILES string of the molecule is NC(Cc1ccccc1)c1ccc(Br)c(F)c1. The van der Waals surface area contributed by atoms with Gasteiger partial charge in [-0.1, -0.05) is 36.4 Å². The van der Waals surface area contributed by atoms with Crippen LogP contribution in [0.15, 0.2) is 53.0 Å². The number of hydrogen-bond acceptors (Lipinski definition) is 1. The Morgan fingerprint density at radius 3 is 2.47 bits per heavy atom. The van der Waals surface area contributed by atoms with Gasteiger partial charge in [0, 0.05) is 6.04 Å². The van der Waals surface area contributed by atoms with Gasteiger partial charge in [-0.05, 0) is 45.6 Å². The van der Waals surface area contributed by atoms with E-state index >= 15 is 0 Å². The van der Waals surface area contributed by atoms with Gasteiger partial charge in [-0.2, -0.15) is 0 Å². The Kier molecular flexibility index (Phi) is 3.92. The van der Waals surface area contributed by atoms with Gasteiger partial charge in [-0.15, -0.1) is 0 Å². The summed E-state index contributed by atoms with van der Waals surface area (Å²) in [6.07, 6.45) is 0.710. The van der Waals surface area contributed by atoms with Gasteiger partial charge in [0.15, 0.2) is 0 Å². The molecule has 2 N–H and O–H groups in total. The zero-order valence-corrected chi connectivity index (χ0v) is 10.8. The largest absolute Gasteiger partial charge is 0.324 e. The van der Waals surface area contributed by atoms with Crippen molar-refractivity contribution >= 4 is 15.9 Å². The smallest absolute Gasteiger partial charge is 0.137 e. The fourth-order valence-corrected chi connectivity index (χ4v) is 1.98. The number of rotatable bonds is 3. The van der Waals surface area contributed by atoms with Crippen LogP contribution in [0.25, 0.3) is 0 Å². The molecule has 0 radical (unpaired) electrons. The number of hydrogen-bond donors (Lipinski definition) is 1. The monoisotopic (exact) mass is 293 g/mol. The van der Waals surface area contributed by atoms with Gasteiger partial charge in [0.25, 0.3) is 0 Å². The molecule has 17 heavy (non-hydrogen) atoms. The summed E-state index contributed by atoms with van der Waals surface area (Å²) < 4.78 is 13.8. The van der Waals surface area contributed by atoms with Gasteiger partial charge in [-0.25, -0.2) is 4.39 Å². The molecular formula is C14H13BrFN. The molecule has 3 heteroatoms. The van der Waals surface area contributed by atoms with Crippen LogP contribution in [0.4, 0.5) is 4.39 Å². The van der Waals surface area contributed by atoms with Crippen LogP contribution in [0.2, 0.25) is 0 Å². The van der Waals surface area contributed by atoms with E-state index in [0.29, 0.717) is 10.9 Å². The molecule has 1 atom stereocenters. The molecule has 2 rings (SSSR count). The molecule has 0 fully saturated rings. The standard InChI is InChI=1S/C14H13BrFN/c15-12-7-6-11(9-13(12)16)14(17)8-10-4-2-1-3-5-10/h1-7,9,14H,8,17H2. The quantitative estimate of drug-likeness (QED) is 0.914. The Morgan fingerprint density at radius 2 is 1.82 bits per heavy atom. The van der Waals surface area contributed by atoms with Crippen molar-refractivity contribution in [2.24, 2.45) is 5.73 Å². The molecule has 0 saturated heterocycles. The minimum absolute atomic E-state index is 0.181. The van der Waals surface area contributed by atoms with Crippen molar-refractivity contribution in [2.45, 2.75) is 12.5 Å². The highest BCUT2D eigenvalue weighted by molar-refractivity contribution is 9.10. The molecule has 0 saturated carbocycles. The third-order valence-corrected chi connectivity index (χ3v) is 3.31. The van der Waals surface area contributed by atoms with E-state index in [1.807, 2.05) is 36.4 Å². The average Bonchev–Trinajstić information content (AvgIpc) is 2.34. The van der Waals surface area contributed by atoms with Crippen LogP contribution >= 0.6 is 15.9 Å². The lowest BCUT2D eigenvalue weighted by Crippen LogP contribution is -2.13. The van der Waals surface area contributed by atoms with E-state index in [9.17, 15) is 4.39 Å². The highest BCUT2D eigenvalue weighted by atomic mass is 79.9. The molecular weight excluding hydrogens is 281 g/mol. The number of benzene rings is 2. The van der Waals surface area contributed by atoms with Crippen molar-refractivity contribution in [2.75, 3.05) is 0 Å². The summed E-state index contributed by atoms with van der Waals surface area (Å²) in [7, 11) is 0. The van der Waals surface area contributed by atoms with Crippen LogP contribution in [-0.4, -0.2) is 0 Å². The van der Waals surface area contributed by atoms with E-state index in [-0.39, 0.29) is 11.9 Å². The first kappa shape index (κ1) is 12.3. The van der Waals surface area contributed by atoms with Crippen molar-refractivity contribution in [3.05, 3.63) is 69.9 Å². The highest BCUT2D eigenvalue weighted by Crippen LogP contribution is 2.21. The Labute approximate surface area is 109 Å². The Bertz CT molecular complexity index is 499. The summed E-state index contributed by atoms with van der Waals surface area (Å²) in [6.45, 7) is 0. The topological polar surface area (TPSA) is 26.0 Å². The molecule has 1 unspecified atom stereocenters. The first-order valence-corrected chi connectivity index (χ1v) is 6.20. The second-order valence-electron chi connectivity index (χ2n) is 3.97. The normalized spacial score (nSPS) is 12.4. The zero-order chi connectivity index (χ0) is 12.3. The summed E-state index contributed by atoms with van der Waals surface area (Å²) in [6, 6.07) is 14.8. The molecule has 0 heterocycles. The van der Waals surface area contributed by atoms with Gasteiger partial charge < -0.3 is 5.73 Å². The minimum Gasteiger partial charge on any atom is -0.324 e. The fraction of sp³-hybridized carbons (Fsp3) is 0.143. The summed E-state index contributed by atoms with van der Waals surface area (Å²) in [4.78, 5) is 0. The summed E-state index contributed by atoms with van der Waals surface area (Å²) >= 11 is 3.13. The summed E-state index contributed by atoms with van der Waals surface area (Å²) in [5.74, 6) is -0.272. The van der Waals surface area contributed by atoms with Gasteiger partial charge in [0.05, 0.1) is 4.47 Å². The molecule has 0 aromatic heterocycles. The van der Waals surface area contributed by atoms with Crippen LogP contribution in [0, 0.1) is 5.82 Å². The third kappa shape index (κ3) is 3.14. The predicted octanol–water partition coefficient (Wildman–Crippen LogP) is 3.83. The predicted molar refractivity (Wildman–Crippen MR) is 71.2 cm³/mol. The molecule has 2 aromatic rings. The number of nitrogens with two attached hydrogens (primary N) is 1. The second kappa shape index (κ2) is 5.43. The lowest BCUT2D eigenvalue weighted by atomic mass is 10.00. The highest BCUT2D eigenvalue weighted by Gasteiger charge is 2.09. The van der Waals surface area contributed by atoms with E-state index in [2.05, 4.69) is 15.9 Å². The molecule has 0 aliphatic rings. The van der Waals surface area contributed by atoms with Crippen molar-refractivity contribution < 1.29 is 4.39 Å². The van der Waals surface area contributed by atoms with Crippen LogP contribution in [0.5, 0.6) is 0 Å². The minimum atomic E-state index is -0.272. The van der Waals surface area contributed by atoms with Gasteiger partial charge in [0.2, 0.25) is 0 Å². The average molecular weight is 294 g/mol. The molecule has 1 nitrogen and oxygen atoms in total. The van der Waals surface area contributed by atoms with Gasteiger partial charge in [0.1, 0.15) is 5.82 Å². The summed E-state index contributed by atoms with van der Waals surface area (Å²) in [5.41, 5.74) is 8.03. The summed E-state index contributed by atoms with van der Waals surface area (Å²) in [5, 5.41) is 0. The van der Waals surface area contributed by atoms with Gasteiger partial charge in [-0.3, -0.25) is 0 Å². The maximum Gasteiger partial charge on any atom is 0.137 e. The van der Waals surface area contributed by atoms with E-state index in [1.54, 1.807) is 6.07 Å².